The van der Waals surface area contributed by atoms with Crippen molar-refractivity contribution in [2.75, 3.05) is 20.3 Å². The predicted molar refractivity (Wildman–Crippen MR) is 66.5 cm³/mol. The number of aromatic nitrogens is 2. The Bertz CT molecular complexity index is 395. The third-order valence-electron chi connectivity index (χ3n) is 2.33. The van der Waals surface area contributed by atoms with E-state index >= 15 is 0 Å². The zero-order chi connectivity index (χ0) is 13.6. The molecule has 0 aliphatic carbocycles. The van der Waals surface area contributed by atoms with Crippen molar-refractivity contribution in [2.24, 2.45) is 0 Å². The molecule has 1 heterocycles. The van der Waals surface area contributed by atoms with Gasteiger partial charge in [0.25, 0.3) is 5.91 Å². The molecule has 1 unspecified atom stereocenters. The molecule has 2 N–H and O–H groups in total. The third-order valence-corrected chi connectivity index (χ3v) is 2.52. The Morgan fingerprint density at radius 2 is 2.28 bits per heavy atom. The van der Waals surface area contributed by atoms with Gasteiger partial charge in [0.15, 0.2) is 0 Å². The molecular weight excluding hydrogens is 258 g/mol. The second kappa shape index (κ2) is 6.63. The molecule has 0 saturated heterocycles. The van der Waals surface area contributed by atoms with Gasteiger partial charge in [-0.05, 0) is 6.92 Å². The lowest BCUT2D eigenvalue weighted by molar-refractivity contribution is 0.0243. The minimum atomic E-state index is -1.02. The second-order valence-corrected chi connectivity index (χ2v) is 4.53. The minimum Gasteiger partial charge on any atom is -0.388 e. The van der Waals surface area contributed by atoms with Crippen LogP contribution in [0.3, 0.4) is 0 Å². The zero-order valence-electron chi connectivity index (χ0n) is 10.3. The van der Waals surface area contributed by atoms with Crippen molar-refractivity contribution in [2.45, 2.75) is 18.9 Å². The summed E-state index contributed by atoms with van der Waals surface area (Å²) in [6.45, 7) is 2.16. The van der Waals surface area contributed by atoms with Crippen molar-refractivity contribution in [1.29, 1.82) is 0 Å². The number of nitrogens with one attached hydrogen (secondary N) is 1. The Balaban J connectivity index is 2.48. The number of methoxy groups -OCH3 is 1. The summed E-state index contributed by atoms with van der Waals surface area (Å²) in [4.78, 5) is 19.3. The highest BCUT2D eigenvalue weighted by Gasteiger charge is 2.21. The van der Waals surface area contributed by atoms with Gasteiger partial charge >= 0.3 is 0 Å². The lowest BCUT2D eigenvalue weighted by Crippen LogP contribution is -2.41. The largest absolute Gasteiger partial charge is 0.388 e. The van der Waals surface area contributed by atoms with Crippen LogP contribution in [0.15, 0.2) is 12.4 Å². The van der Waals surface area contributed by atoms with E-state index in [1.54, 1.807) is 14.0 Å². The fourth-order valence-corrected chi connectivity index (χ4v) is 1.30. The van der Waals surface area contributed by atoms with Crippen LogP contribution in [0.2, 0.25) is 5.15 Å². The van der Waals surface area contributed by atoms with Crippen LogP contribution >= 0.6 is 11.6 Å². The molecule has 0 radical (unpaired) electrons. The third kappa shape index (κ3) is 4.95. The maximum absolute atomic E-state index is 11.7. The van der Waals surface area contributed by atoms with Crippen molar-refractivity contribution < 1.29 is 14.6 Å². The Morgan fingerprint density at radius 1 is 1.56 bits per heavy atom. The highest BCUT2D eigenvalue weighted by Crippen LogP contribution is 2.08. The van der Waals surface area contributed by atoms with Crippen LogP contribution in [-0.4, -0.2) is 46.8 Å². The molecule has 0 spiro atoms. The van der Waals surface area contributed by atoms with Crippen molar-refractivity contribution in [1.82, 2.24) is 15.3 Å². The van der Waals surface area contributed by atoms with Gasteiger partial charge in [-0.2, -0.15) is 0 Å². The molecule has 1 aromatic rings. The van der Waals surface area contributed by atoms with Crippen LogP contribution in [-0.2, 0) is 4.74 Å². The molecular formula is C11H16ClN3O3. The molecule has 100 valence electrons. The molecule has 18 heavy (non-hydrogen) atoms. The van der Waals surface area contributed by atoms with Gasteiger partial charge in [-0.3, -0.25) is 4.79 Å². The average Bonchev–Trinajstić information content (AvgIpc) is 2.35. The highest BCUT2D eigenvalue weighted by atomic mass is 35.5. The fraction of sp³-hybridized carbons (Fsp3) is 0.545. The monoisotopic (exact) mass is 273 g/mol. The van der Waals surface area contributed by atoms with Crippen LogP contribution in [0.1, 0.15) is 23.8 Å². The van der Waals surface area contributed by atoms with E-state index in [0.29, 0.717) is 13.0 Å². The SMILES string of the molecule is COCCC(C)(O)CNC(=O)c1cnc(Cl)cn1. The predicted octanol–water partition coefficient (Wildman–Crippen LogP) is 0.647. The van der Waals surface area contributed by atoms with Gasteiger partial charge in [0.1, 0.15) is 10.8 Å². The number of aliphatic hydroxyl groups is 1. The molecule has 0 aliphatic heterocycles. The van der Waals surface area contributed by atoms with Gasteiger partial charge in [0.05, 0.1) is 18.0 Å². The first-order chi connectivity index (χ1) is 8.44. The number of hydrogen-bond donors (Lipinski definition) is 2. The van der Waals surface area contributed by atoms with Crippen molar-refractivity contribution in [3.05, 3.63) is 23.2 Å². The number of carbonyl (C=O) groups is 1. The number of amides is 1. The number of hydrogen-bond acceptors (Lipinski definition) is 5. The van der Waals surface area contributed by atoms with Crippen LogP contribution in [0.4, 0.5) is 0 Å². The topological polar surface area (TPSA) is 84.3 Å². The van der Waals surface area contributed by atoms with Gasteiger partial charge in [0, 0.05) is 26.7 Å². The first-order valence-electron chi connectivity index (χ1n) is 5.42. The van der Waals surface area contributed by atoms with E-state index < -0.39 is 11.5 Å². The summed E-state index contributed by atoms with van der Waals surface area (Å²) in [7, 11) is 1.55. The molecule has 0 saturated carbocycles. The summed E-state index contributed by atoms with van der Waals surface area (Å²) in [5.74, 6) is -0.406. The molecule has 0 aliphatic rings. The molecule has 0 aromatic carbocycles. The minimum absolute atomic E-state index is 0.111. The van der Waals surface area contributed by atoms with Crippen LogP contribution in [0.25, 0.3) is 0 Å². The molecule has 1 aromatic heterocycles. The van der Waals surface area contributed by atoms with Crippen LogP contribution < -0.4 is 5.32 Å². The standard InChI is InChI=1S/C11H16ClN3O3/c1-11(17,3-4-18-2)7-15-10(16)8-5-14-9(12)6-13-8/h5-6,17H,3-4,7H2,1-2H3,(H,15,16). The summed E-state index contributed by atoms with van der Waals surface area (Å²) >= 11 is 5.56. The molecule has 0 fully saturated rings. The van der Waals surface area contributed by atoms with Gasteiger partial charge in [-0.15, -0.1) is 0 Å². The van der Waals surface area contributed by atoms with Gasteiger partial charge < -0.3 is 15.2 Å². The van der Waals surface area contributed by atoms with E-state index in [-0.39, 0.29) is 17.4 Å². The van der Waals surface area contributed by atoms with Crippen molar-refractivity contribution >= 4 is 17.5 Å². The average molecular weight is 274 g/mol. The van der Waals surface area contributed by atoms with E-state index in [0.717, 1.165) is 0 Å². The normalized spacial score (nSPS) is 14.0. The molecule has 1 amide bonds. The van der Waals surface area contributed by atoms with E-state index in [1.807, 2.05) is 0 Å². The van der Waals surface area contributed by atoms with Crippen LogP contribution in [0.5, 0.6) is 0 Å². The highest BCUT2D eigenvalue weighted by molar-refractivity contribution is 6.29. The lowest BCUT2D eigenvalue weighted by Gasteiger charge is -2.23. The maximum Gasteiger partial charge on any atom is 0.271 e. The molecule has 0 bridgehead atoms. The molecule has 7 heteroatoms. The summed E-state index contributed by atoms with van der Waals surface area (Å²) in [5.41, 5.74) is -0.868. The van der Waals surface area contributed by atoms with E-state index in [4.69, 9.17) is 16.3 Å². The van der Waals surface area contributed by atoms with Gasteiger partial charge in [0.2, 0.25) is 0 Å². The Hall–Kier alpha value is -1.24. The smallest absolute Gasteiger partial charge is 0.271 e. The van der Waals surface area contributed by atoms with Gasteiger partial charge in [-0.1, -0.05) is 11.6 Å². The zero-order valence-corrected chi connectivity index (χ0v) is 11.1. The lowest BCUT2D eigenvalue weighted by atomic mass is 10.0. The first kappa shape index (κ1) is 14.8. The van der Waals surface area contributed by atoms with Crippen molar-refractivity contribution in [3.63, 3.8) is 0 Å². The molecule has 6 nitrogen and oxygen atoms in total. The molecule has 1 atom stereocenters. The summed E-state index contributed by atoms with van der Waals surface area (Å²) < 4.78 is 4.87. The molecule has 1 rings (SSSR count). The summed E-state index contributed by atoms with van der Waals surface area (Å²) in [5, 5.41) is 12.7. The Morgan fingerprint density at radius 3 is 2.83 bits per heavy atom. The number of halogens is 1. The summed E-state index contributed by atoms with van der Waals surface area (Å²) in [6, 6.07) is 0. The number of rotatable bonds is 6. The van der Waals surface area contributed by atoms with Crippen LogP contribution in [0, 0.1) is 0 Å². The van der Waals surface area contributed by atoms with E-state index in [9.17, 15) is 9.90 Å². The first-order valence-corrected chi connectivity index (χ1v) is 5.79. The number of nitrogens with zero attached hydrogens (tertiary/aromatic N) is 2. The van der Waals surface area contributed by atoms with E-state index in [2.05, 4.69) is 15.3 Å². The van der Waals surface area contributed by atoms with Gasteiger partial charge in [-0.25, -0.2) is 9.97 Å². The van der Waals surface area contributed by atoms with Crippen molar-refractivity contribution in [3.8, 4) is 0 Å². The maximum atomic E-state index is 11.7. The number of ether oxygens (including phenoxy) is 1. The Labute approximate surface area is 110 Å². The fourth-order valence-electron chi connectivity index (χ4n) is 1.20. The Kier molecular flexibility index (Phi) is 5.46. The second-order valence-electron chi connectivity index (χ2n) is 4.15. The quantitative estimate of drug-likeness (QED) is 0.795. The number of carbonyl (C=O) groups excluding carboxylic acids is 1. The summed E-state index contributed by atoms with van der Waals surface area (Å²) in [6.07, 6.45) is 3.00. The van der Waals surface area contributed by atoms with E-state index in [1.165, 1.54) is 12.4 Å².